The van der Waals surface area contributed by atoms with Crippen LogP contribution in [0.3, 0.4) is 0 Å². The van der Waals surface area contributed by atoms with Crippen LogP contribution < -0.4 is 0 Å². The zero-order valence-electron chi connectivity index (χ0n) is 13.7. The quantitative estimate of drug-likeness (QED) is 0.377. The van der Waals surface area contributed by atoms with E-state index in [4.69, 9.17) is 0 Å². The van der Waals surface area contributed by atoms with E-state index < -0.39 is 16.6 Å². The van der Waals surface area contributed by atoms with Gasteiger partial charge in [-0.3, -0.25) is 14.9 Å². The molecule has 0 bridgehead atoms. The lowest BCUT2D eigenvalue weighted by atomic mass is 9.99. The number of nitriles is 1. The van der Waals surface area contributed by atoms with Crippen LogP contribution in [0.15, 0.2) is 53.9 Å². The molecule has 0 saturated carbocycles. The van der Waals surface area contributed by atoms with Crippen LogP contribution in [-0.4, -0.2) is 15.7 Å². The number of carbonyl (C=O) groups excluding carboxylic acids is 1. The molecule has 0 radical (unpaired) electrons. The number of rotatable bonds is 5. The molecule has 1 heterocycles. The predicted molar refractivity (Wildman–Crippen MR) is 98.1 cm³/mol. The standard InChI is InChI=1S/C19H13N3O3S/c1-12-2-4-13(5-3-12)17-11-26-19(21-17)16(10-20)18(23)14-6-8-15(9-7-14)22(24)25/h2-9,11,16H,1H3. The molecule has 1 atom stereocenters. The number of carbonyl (C=O) groups is 1. The summed E-state index contributed by atoms with van der Waals surface area (Å²) in [5.41, 5.74) is 2.90. The summed E-state index contributed by atoms with van der Waals surface area (Å²) in [7, 11) is 0. The number of hydrogen-bond donors (Lipinski definition) is 0. The average molecular weight is 363 g/mol. The number of hydrogen-bond acceptors (Lipinski definition) is 6. The van der Waals surface area contributed by atoms with Crippen molar-refractivity contribution < 1.29 is 9.72 Å². The highest BCUT2D eigenvalue weighted by Gasteiger charge is 2.25. The van der Waals surface area contributed by atoms with Crippen molar-refractivity contribution in [2.45, 2.75) is 12.8 Å². The van der Waals surface area contributed by atoms with Gasteiger partial charge in [-0.1, -0.05) is 29.8 Å². The number of nitrogens with zero attached hydrogens (tertiary/aromatic N) is 3. The van der Waals surface area contributed by atoms with Crippen LogP contribution in [0.5, 0.6) is 0 Å². The normalized spacial score (nSPS) is 11.5. The maximum Gasteiger partial charge on any atom is 0.269 e. The van der Waals surface area contributed by atoms with Gasteiger partial charge in [0.2, 0.25) is 0 Å². The Hall–Kier alpha value is -3.37. The molecule has 6 nitrogen and oxygen atoms in total. The van der Waals surface area contributed by atoms with Crippen molar-refractivity contribution in [1.29, 1.82) is 5.26 Å². The number of Topliss-reactive ketones (excluding diaryl/α,β-unsaturated/α-hetero) is 1. The smallest absolute Gasteiger partial charge is 0.269 e. The van der Waals surface area contributed by atoms with Gasteiger partial charge in [0, 0.05) is 28.6 Å². The van der Waals surface area contributed by atoms with Crippen LogP contribution >= 0.6 is 11.3 Å². The minimum atomic E-state index is -1.04. The lowest BCUT2D eigenvalue weighted by Gasteiger charge is -2.05. The van der Waals surface area contributed by atoms with E-state index in [1.54, 1.807) is 0 Å². The van der Waals surface area contributed by atoms with Gasteiger partial charge < -0.3 is 0 Å². The largest absolute Gasteiger partial charge is 0.292 e. The third-order valence-electron chi connectivity index (χ3n) is 3.87. The number of non-ortho nitro benzene ring substituents is 1. The first kappa shape index (κ1) is 17.5. The Balaban J connectivity index is 1.87. The SMILES string of the molecule is Cc1ccc(-c2csc(C(C#N)C(=O)c3ccc([N+](=O)[O-])cc3)n2)cc1. The monoisotopic (exact) mass is 363 g/mol. The average Bonchev–Trinajstić information content (AvgIpc) is 3.12. The maximum atomic E-state index is 12.6. The van der Waals surface area contributed by atoms with E-state index in [1.165, 1.54) is 35.6 Å². The van der Waals surface area contributed by atoms with Crippen LogP contribution in [0.2, 0.25) is 0 Å². The van der Waals surface area contributed by atoms with E-state index in [9.17, 15) is 20.2 Å². The fraction of sp³-hybridized carbons (Fsp3) is 0.105. The zero-order valence-corrected chi connectivity index (χ0v) is 14.6. The minimum Gasteiger partial charge on any atom is -0.292 e. The molecule has 2 aromatic carbocycles. The second kappa shape index (κ2) is 7.25. The van der Waals surface area contributed by atoms with Crippen molar-refractivity contribution in [2.75, 3.05) is 0 Å². The molecular formula is C19H13N3O3S. The number of ketones is 1. The summed E-state index contributed by atoms with van der Waals surface area (Å²) in [6.45, 7) is 1.99. The van der Waals surface area contributed by atoms with Crippen molar-refractivity contribution in [1.82, 2.24) is 4.98 Å². The van der Waals surface area contributed by atoms with Gasteiger partial charge in [-0.25, -0.2) is 4.98 Å². The van der Waals surface area contributed by atoms with Crippen molar-refractivity contribution in [3.63, 3.8) is 0 Å². The Morgan fingerprint density at radius 1 is 1.19 bits per heavy atom. The minimum absolute atomic E-state index is 0.106. The van der Waals surface area contributed by atoms with Gasteiger partial charge in [0.05, 0.1) is 16.7 Å². The molecular weight excluding hydrogens is 350 g/mol. The summed E-state index contributed by atoms with van der Waals surface area (Å²) >= 11 is 1.25. The van der Waals surface area contributed by atoms with E-state index in [1.807, 2.05) is 42.6 Å². The first-order chi connectivity index (χ1) is 12.5. The predicted octanol–water partition coefficient (Wildman–Crippen LogP) is 4.52. The summed E-state index contributed by atoms with van der Waals surface area (Å²) < 4.78 is 0. The summed E-state index contributed by atoms with van der Waals surface area (Å²) in [5, 5.41) is 22.4. The van der Waals surface area contributed by atoms with E-state index in [-0.39, 0.29) is 11.3 Å². The number of benzene rings is 2. The molecule has 0 N–H and O–H groups in total. The van der Waals surface area contributed by atoms with Crippen molar-refractivity contribution in [3.8, 4) is 17.3 Å². The molecule has 0 aliphatic rings. The molecule has 0 fully saturated rings. The number of nitro groups is 1. The first-order valence-corrected chi connectivity index (χ1v) is 8.58. The van der Waals surface area contributed by atoms with E-state index in [0.29, 0.717) is 10.7 Å². The maximum absolute atomic E-state index is 12.6. The van der Waals surface area contributed by atoms with Crippen LogP contribution in [0, 0.1) is 28.4 Å². The Bertz CT molecular complexity index is 1000. The zero-order chi connectivity index (χ0) is 18.7. The Morgan fingerprint density at radius 3 is 2.42 bits per heavy atom. The highest BCUT2D eigenvalue weighted by atomic mass is 32.1. The van der Waals surface area contributed by atoms with Crippen LogP contribution in [0.4, 0.5) is 5.69 Å². The summed E-state index contributed by atoms with van der Waals surface area (Å²) in [6.07, 6.45) is 0. The summed E-state index contributed by atoms with van der Waals surface area (Å²) in [5.74, 6) is -1.46. The number of aryl methyl sites for hydroxylation is 1. The number of thiazole rings is 1. The number of nitro benzene ring substituents is 1. The molecule has 0 saturated heterocycles. The molecule has 1 aromatic heterocycles. The Morgan fingerprint density at radius 2 is 1.85 bits per heavy atom. The Kier molecular flexibility index (Phi) is 4.87. The van der Waals surface area contributed by atoms with Gasteiger partial charge >= 0.3 is 0 Å². The van der Waals surface area contributed by atoms with Crippen LogP contribution in [-0.2, 0) is 0 Å². The molecule has 128 valence electrons. The first-order valence-electron chi connectivity index (χ1n) is 7.70. The third-order valence-corrected chi connectivity index (χ3v) is 4.78. The highest BCUT2D eigenvalue weighted by molar-refractivity contribution is 7.10. The molecule has 26 heavy (non-hydrogen) atoms. The molecule has 3 aromatic rings. The van der Waals surface area contributed by atoms with Crippen molar-refractivity contribution in [2.24, 2.45) is 0 Å². The molecule has 0 aliphatic carbocycles. The lowest BCUT2D eigenvalue weighted by Crippen LogP contribution is -2.11. The second-order valence-electron chi connectivity index (χ2n) is 5.67. The molecule has 3 rings (SSSR count). The Labute approximate surface area is 153 Å². The molecule has 1 unspecified atom stereocenters. The van der Waals surface area contributed by atoms with E-state index in [2.05, 4.69) is 4.98 Å². The third kappa shape index (κ3) is 3.50. The van der Waals surface area contributed by atoms with E-state index >= 15 is 0 Å². The van der Waals surface area contributed by atoms with Gasteiger partial charge in [0.15, 0.2) is 11.7 Å². The van der Waals surface area contributed by atoms with Crippen molar-refractivity contribution in [3.05, 3.63) is 80.2 Å². The summed E-state index contributed by atoms with van der Waals surface area (Å²) in [4.78, 5) is 27.2. The van der Waals surface area contributed by atoms with Gasteiger partial charge in [-0.2, -0.15) is 5.26 Å². The summed E-state index contributed by atoms with van der Waals surface area (Å²) in [6, 6.07) is 15.0. The fourth-order valence-electron chi connectivity index (χ4n) is 2.42. The number of aromatic nitrogens is 1. The topological polar surface area (TPSA) is 96.9 Å². The fourth-order valence-corrected chi connectivity index (χ4v) is 3.29. The molecule has 0 spiro atoms. The van der Waals surface area contributed by atoms with Gasteiger partial charge in [0.1, 0.15) is 5.01 Å². The molecule has 0 aliphatic heterocycles. The van der Waals surface area contributed by atoms with Gasteiger partial charge in [-0.15, -0.1) is 11.3 Å². The van der Waals surface area contributed by atoms with E-state index in [0.717, 1.165) is 11.1 Å². The van der Waals surface area contributed by atoms with Crippen LogP contribution in [0.25, 0.3) is 11.3 Å². The lowest BCUT2D eigenvalue weighted by molar-refractivity contribution is -0.384. The van der Waals surface area contributed by atoms with Crippen molar-refractivity contribution >= 4 is 22.8 Å². The second-order valence-corrected chi connectivity index (χ2v) is 6.56. The highest BCUT2D eigenvalue weighted by Crippen LogP contribution is 2.29. The molecule has 0 amide bonds. The van der Waals surface area contributed by atoms with Gasteiger partial charge in [0.25, 0.3) is 5.69 Å². The molecule has 7 heteroatoms. The van der Waals surface area contributed by atoms with Crippen LogP contribution in [0.1, 0.15) is 26.8 Å². The van der Waals surface area contributed by atoms with Gasteiger partial charge in [-0.05, 0) is 19.1 Å².